The zero-order valence-corrected chi connectivity index (χ0v) is 9.82. The van der Waals surface area contributed by atoms with E-state index in [1.165, 1.54) is 12.1 Å². The minimum Gasteiger partial charge on any atom is -0.457 e. The molecule has 0 aliphatic carbocycles. The van der Waals surface area contributed by atoms with Crippen molar-refractivity contribution < 1.29 is 21.9 Å². The molecule has 2 rings (SSSR count). The van der Waals surface area contributed by atoms with Gasteiger partial charge in [-0.3, -0.25) is 4.55 Å². The highest BCUT2D eigenvalue weighted by Gasteiger charge is 2.15. The number of ether oxygens (including phenoxy) is 1. The van der Waals surface area contributed by atoms with Crippen LogP contribution in [0.2, 0.25) is 0 Å². The predicted octanol–water partition coefficient (Wildman–Crippen LogP) is 2.18. The predicted molar refractivity (Wildman–Crippen MR) is 62.0 cm³/mol. The maximum atomic E-state index is 10.6. The van der Waals surface area contributed by atoms with Crippen molar-refractivity contribution in [3.63, 3.8) is 0 Å². The maximum Gasteiger partial charge on any atom is 0.446 e. The van der Waals surface area contributed by atoms with Crippen LogP contribution in [0.25, 0.3) is 5.57 Å². The Labute approximate surface area is 98.9 Å². The maximum absolute atomic E-state index is 10.6. The second-order valence-corrected chi connectivity index (χ2v) is 4.59. The zero-order chi connectivity index (χ0) is 12.6. The molecule has 0 saturated carbocycles. The molecule has 0 saturated heterocycles. The molecule has 5 nitrogen and oxygen atoms in total. The van der Waals surface area contributed by atoms with Gasteiger partial charge in [-0.15, -0.1) is 0 Å². The number of fused-ring (bicyclic) bond motifs is 1. The molecule has 1 heterocycles. The van der Waals surface area contributed by atoms with E-state index in [9.17, 15) is 8.42 Å². The Morgan fingerprint density at radius 3 is 2.76 bits per heavy atom. The van der Waals surface area contributed by atoms with Gasteiger partial charge in [-0.25, -0.2) is 0 Å². The first-order valence-electron chi connectivity index (χ1n) is 4.71. The molecule has 0 amide bonds. The molecule has 90 valence electrons. The molecule has 1 aromatic carbocycles. The summed E-state index contributed by atoms with van der Waals surface area (Å²) in [6, 6.07) is 4.46. The summed E-state index contributed by atoms with van der Waals surface area (Å²) in [5, 5.41) is 0. The molecule has 0 unspecified atom stereocenters. The van der Waals surface area contributed by atoms with Crippen LogP contribution in [0.3, 0.4) is 0 Å². The molecule has 0 spiro atoms. The SMILES string of the molecule is C=C1C=C(C)c2ccc(OS(=O)(=O)O)cc2O1. The molecule has 0 aromatic heterocycles. The van der Waals surface area contributed by atoms with Crippen LogP contribution < -0.4 is 8.92 Å². The van der Waals surface area contributed by atoms with Gasteiger partial charge in [-0.05, 0) is 30.7 Å². The van der Waals surface area contributed by atoms with Gasteiger partial charge in [0.1, 0.15) is 17.3 Å². The molecular formula is C11H10O5S. The van der Waals surface area contributed by atoms with Gasteiger partial charge in [0, 0.05) is 11.6 Å². The van der Waals surface area contributed by atoms with Crippen LogP contribution in [-0.4, -0.2) is 13.0 Å². The molecule has 1 N–H and O–H groups in total. The number of allylic oxidation sites excluding steroid dienone is 2. The van der Waals surface area contributed by atoms with Gasteiger partial charge in [0.15, 0.2) is 0 Å². The van der Waals surface area contributed by atoms with E-state index in [4.69, 9.17) is 9.29 Å². The highest BCUT2D eigenvalue weighted by molar-refractivity contribution is 7.81. The summed E-state index contributed by atoms with van der Waals surface area (Å²) < 4.78 is 39.3. The van der Waals surface area contributed by atoms with Gasteiger partial charge in [0.05, 0.1) is 0 Å². The van der Waals surface area contributed by atoms with E-state index in [1.807, 2.05) is 6.92 Å². The first-order chi connectivity index (χ1) is 7.85. The molecule has 0 atom stereocenters. The molecule has 17 heavy (non-hydrogen) atoms. The molecule has 0 bridgehead atoms. The Balaban J connectivity index is 2.42. The fourth-order valence-corrected chi connectivity index (χ4v) is 1.92. The molecule has 0 radical (unpaired) electrons. The van der Waals surface area contributed by atoms with Crippen LogP contribution in [-0.2, 0) is 10.4 Å². The topological polar surface area (TPSA) is 72.8 Å². The van der Waals surface area contributed by atoms with Crippen molar-refractivity contribution in [1.82, 2.24) is 0 Å². The van der Waals surface area contributed by atoms with Crippen LogP contribution >= 0.6 is 0 Å². The van der Waals surface area contributed by atoms with E-state index in [2.05, 4.69) is 10.8 Å². The van der Waals surface area contributed by atoms with Crippen LogP contribution in [0, 0.1) is 0 Å². The smallest absolute Gasteiger partial charge is 0.446 e. The third-order valence-corrected chi connectivity index (χ3v) is 2.60. The number of hydrogen-bond donors (Lipinski definition) is 1. The Morgan fingerprint density at radius 2 is 2.12 bits per heavy atom. The van der Waals surface area contributed by atoms with E-state index >= 15 is 0 Å². The third kappa shape index (κ3) is 2.66. The Bertz CT molecular complexity index is 613. The fraction of sp³-hybridized carbons (Fsp3) is 0.0909. The molecular weight excluding hydrogens is 244 g/mol. The Morgan fingerprint density at radius 1 is 1.41 bits per heavy atom. The fourth-order valence-electron chi connectivity index (χ4n) is 1.58. The summed E-state index contributed by atoms with van der Waals surface area (Å²) in [6.45, 7) is 5.55. The number of hydrogen-bond acceptors (Lipinski definition) is 4. The van der Waals surface area contributed by atoms with Gasteiger partial charge in [0.2, 0.25) is 0 Å². The Hall–Kier alpha value is -1.79. The molecule has 1 aromatic rings. The Kier molecular flexibility index (Phi) is 2.68. The normalized spacial score (nSPS) is 14.7. The minimum atomic E-state index is -4.52. The molecule has 6 heteroatoms. The van der Waals surface area contributed by atoms with Crippen molar-refractivity contribution in [3.05, 3.63) is 42.2 Å². The summed E-state index contributed by atoms with van der Waals surface area (Å²) in [5.74, 6) is 0.879. The van der Waals surface area contributed by atoms with E-state index in [0.29, 0.717) is 11.5 Å². The van der Waals surface area contributed by atoms with Crippen molar-refractivity contribution >= 4 is 16.0 Å². The van der Waals surface area contributed by atoms with E-state index in [0.717, 1.165) is 11.1 Å². The summed E-state index contributed by atoms with van der Waals surface area (Å²) in [7, 11) is -4.52. The second kappa shape index (κ2) is 3.90. The lowest BCUT2D eigenvalue weighted by Crippen LogP contribution is -2.07. The summed E-state index contributed by atoms with van der Waals surface area (Å²) >= 11 is 0. The highest BCUT2D eigenvalue weighted by atomic mass is 32.3. The summed E-state index contributed by atoms with van der Waals surface area (Å²) in [6.07, 6.45) is 1.77. The lowest BCUT2D eigenvalue weighted by Gasteiger charge is -2.17. The standard InChI is InChI=1S/C11H10O5S/c1-7-5-8(2)15-11-6-9(3-4-10(7)11)16-17(12,13)14/h3-6H,2H2,1H3,(H,12,13,14). The lowest BCUT2D eigenvalue weighted by atomic mass is 10.0. The summed E-state index contributed by atoms with van der Waals surface area (Å²) in [4.78, 5) is 0. The van der Waals surface area contributed by atoms with Gasteiger partial charge >= 0.3 is 10.4 Å². The first kappa shape index (κ1) is 11.7. The van der Waals surface area contributed by atoms with Crippen molar-refractivity contribution in [3.8, 4) is 11.5 Å². The number of rotatable bonds is 2. The van der Waals surface area contributed by atoms with E-state index < -0.39 is 10.4 Å². The van der Waals surface area contributed by atoms with Crippen LogP contribution in [0.15, 0.2) is 36.6 Å². The average Bonchev–Trinajstić information content (AvgIpc) is 2.13. The molecule has 1 aliphatic heterocycles. The summed E-state index contributed by atoms with van der Waals surface area (Å²) in [5.41, 5.74) is 1.77. The monoisotopic (exact) mass is 254 g/mol. The average molecular weight is 254 g/mol. The van der Waals surface area contributed by atoms with Gasteiger partial charge < -0.3 is 8.92 Å². The van der Waals surface area contributed by atoms with Gasteiger partial charge in [-0.1, -0.05) is 6.58 Å². The quantitative estimate of drug-likeness (QED) is 0.819. The first-order valence-corrected chi connectivity index (χ1v) is 6.08. The van der Waals surface area contributed by atoms with Crippen LogP contribution in [0.4, 0.5) is 0 Å². The van der Waals surface area contributed by atoms with E-state index in [-0.39, 0.29) is 5.75 Å². The lowest BCUT2D eigenvalue weighted by molar-refractivity contribution is 0.384. The van der Waals surface area contributed by atoms with Gasteiger partial charge in [-0.2, -0.15) is 8.42 Å². The number of benzene rings is 1. The highest BCUT2D eigenvalue weighted by Crippen LogP contribution is 2.35. The van der Waals surface area contributed by atoms with Gasteiger partial charge in [0.25, 0.3) is 0 Å². The zero-order valence-electron chi connectivity index (χ0n) is 9.00. The van der Waals surface area contributed by atoms with Crippen molar-refractivity contribution in [2.75, 3.05) is 0 Å². The van der Waals surface area contributed by atoms with Crippen LogP contribution in [0.1, 0.15) is 12.5 Å². The largest absolute Gasteiger partial charge is 0.457 e. The van der Waals surface area contributed by atoms with E-state index in [1.54, 1.807) is 12.1 Å². The second-order valence-electron chi connectivity index (χ2n) is 3.56. The van der Waals surface area contributed by atoms with Crippen molar-refractivity contribution in [2.24, 2.45) is 0 Å². The third-order valence-electron chi connectivity index (χ3n) is 2.20. The van der Waals surface area contributed by atoms with Crippen molar-refractivity contribution in [1.29, 1.82) is 0 Å². The van der Waals surface area contributed by atoms with Crippen molar-refractivity contribution in [2.45, 2.75) is 6.92 Å². The molecule has 1 aliphatic rings. The minimum absolute atomic E-state index is 0.0197. The molecule has 0 fully saturated rings. The van der Waals surface area contributed by atoms with Crippen LogP contribution in [0.5, 0.6) is 11.5 Å².